The Morgan fingerprint density at radius 1 is 1.08 bits per heavy atom. The van der Waals surface area contributed by atoms with E-state index in [1.807, 2.05) is 24.0 Å². The van der Waals surface area contributed by atoms with Gasteiger partial charge in [-0.3, -0.25) is 4.79 Å². The Hall–Kier alpha value is -2.33. The monoisotopic (exact) mass is 348 g/mol. The second kappa shape index (κ2) is 5.85. The van der Waals surface area contributed by atoms with Crippen LogP contribution in [0.1, 0.15) is 35.4 Å². The molecular formula is C22H24N2O2. The molecule has 0 radical (unpaired) electrons. The molecule has 4 nitrogen and oxygen atoms in total. The molecule has 2 aromatic carbocycles. The fraction of sp³-hybridized carbons (Fsp3) is 0.409. The zero-order chi connectivity index (χ0) is 17.7. The van der Waals surface area contributed by atoms with Crippen LogP contribution in [0.5, 0.6) is 0 Å². The number of rotatable bonds is 1. The van der Waals surface area contributed by atoms with E-state index in [1.54, 1.807) is 0 Å². The highest BCUT2D eigenvalue weighted by Crippen LogP contribution is 2.38. The van der Waals surface area contributed by atoms with Crippen LogP contribution >= 0.6 is 0 Å². The molecule has 0 saturated carbocycles. The van der Waals surface area contributed by atoms with Crippen LogP contribution in [0.15, 0.2) is 40.8 Å². The topological polar surface area (TPSA) is 45.5 Å². The van der Waals surface area contributed by atoms with Crippen molar-refractivity contribution in [3.05, 3.63) is 47.7 Å². The molecule has 2 fully saturated rings. The number of amides is 1. The van der Waals surface area contributed by atoms with Gasteiger partial charge < -0.3 is 14.6 Å². The third-order valence-corrected chi connectivity index (χ3v) is 6.47. The van der Waals surface area contributed by atoms with Gasteiger partial charge >= 0.3 is 0 Å². The van der Waals surface area contributed by atoms with E-state index in [2.05, 4.69) is 29.6 Å². The maximum Gasteiger partial charge on any atom is 0.289 e. The van der Waals surface area contributed by atoms with Crippen LogP contribution in [0.3, 0.4) is 0 Å². The minimum absolute atomic E-state index is 0.0450. The number of aryl methyl sites for hydroxylation is 1. The van der Waals surface area contributed by atoms with Crippen molar-refractivity contribution in [2.45, 2.75) is 26.2 Å². The van der Waals surface area contributed by atoms with Crippen molar-refractivity contribution in [2.24, 2.45) is 5.41 Å². The van der Waals surface area contributed by atoms with Crippen LogP contribution < -0.4 is 5.32 Å². The van der Waals surface area contributed by atoms with Crippen LogP contribution in [0, 0.1) is 12.3 Å². The maximum atomic E-state index is 13.1. The molecule has 0 atom stereocenters. The minimum atomic E-state index is 0.0450. The first-order valence-corrected chi connectivity index (χ1v) is 9.58. The molecule has 1 N–H and O–H groups in total. The predicted octanol–water partition coefficient (Wildman–Crippen LogP) is 4.11. The Morgan fingerprint density at radius 2 is 1.88 bits per heavy atom. The molecule has 3 heterocycles. The molecular weight excluding hydrogens is 324 g/mol. The smallest absolute Gasteiger partial charge is 0.289 e. The van der Waals surface area contributed by atoms with Crippen LogP contribution in [0.2, 0.25) is 0 Å². The number of likely N-dealkylation sites (tertiary alicyclic amines) is 1. The summed E-state index contributed by atoms with van der Waals surface area (Å²) in [7, 11) is 0. The second-order valence-corrected chi connectivity index (χ2v) is 7.94. The Balaban J connectivity index is 1.48. The first kappa shape index (κ1) is 15.9. The lowest BCUT2D eigenvalue weighted by Crippen LogP contribution is -2.44. The summed E-state index contributed by atoms with van der Waals surface area (Å²) in [5.74, 6) is 0.556. The molecule has 3 aromatic rings. The fourth-order valence-corrected chi connectivity index (χ4v) is 4.70. The predicted molar refractivity (Wildman–Crippen MR) is 104 cm³/mol. The average Bonchev–Trinajstić information content (AvgIpc) is 3.27. The van der Waals surface area contributed by atoms with Crippen LogP contribution in [-0.2, 0) is 0 Å². The van der Waals surface area contributed by atoms with Gasteiger partial charge in [0.25, 0.3) is 5.91 Å². The van der Waals surface area contributed by atoms with Crippen LogP contribution in [-0.4, -0.2) is 37.0 Å². The van der Waals surface area contributed by atoms with Gasteiger partial charge in [-0.1, -0.05) is 36.4 Å². The van der Waals surface area contributed by atoms with E-state index in [-0.39, 0.29) is 5.91 Å². The van der Waals surface area contributed by atoms with Gasteiger partial charge in [-0.2, -0.15) is 0 Å². The first-order chi connectivity index (χ1) is 12.7. The number of nitrogens with zero attached hydrogens (tertiary/aromatic N) is 1. The maximum absolute atomic E-state index is 13.1. The number of carbonyl (C=O) groups is 1. The summed E-state index contributed by atoms with van der Waals surface area (Å²) in [4.78, 5) is 15.1. The highest BCUT2D eigenvalue weighted by molar-refractivity contribution is 6.08. The molecule has 1 aromatic heterocycles. The molecule has 4 heteroatoms. The number of hydrogen-bond donors (Lipinski definition) is 1. The van der Waals surface area contributed by atoms with Crippen molar-refractivity contribution in [3.8, 4) is 0 Å². The molecule has 0 aliphatic carbocycles. The molecule has 2 aliphatic rings. The summed E-state index contributed by atoms with van der Waals surface area (Å²) in [5, 5.41) is 6.73. The zero-order valence-electron chi connectivity index (χ0n) is 15.2. The highest BCUT2D eigenvalue weighted by Gasteiger charge is 2.39. The number of carbonyl (C=O) groups excluding carboxylic acids is 1. The lowest BCUT2D eigenvalue weighted by atomic mass is 9.78. The van der Waals surface area contributed by atoms with Crippen molar-refractivity contribution in [3.63, 3.8) is 0 Å². The zero-order valence-corrected chi connectivity index (χ0v) is 15.2. The van der Waals surface area contributed by atoms with E-state index in [4.69, 9.17) is 4.42 Å². The van der Waals surface area contributed by atoms with Gasteiger partial charge in [0.05, 0.1) is 0 Å². The summed E-state index contributed by atoms with van der Waals surface area (Å²) >= 11 is 0. The normalized spacial score (nSPS) is 19.7. The Morgan fingerprint density at radius 3 is 2.65 bits per heavy atom. The Bertz CT molecular complexity index is 988. The Kier molecular flexibility index (Phi) is 3.57. The largest absolute Gasteiger partial charge is 0.450 e. The van der Waals surface area contributed by atoms with Crippen molar-refractivity contribution in [2.75, 3.05) is 26.2 Å². The van der Waals surface area contributed by atoms with Crippen molar-refractivity contribution < 1.29 is 9.21 Å². The van der Waals surface area contributed by atoms with Crippen LogP contribution in [0.4, 0.5) is 0 Å². The van der Waals surface area contributed by atoms with Gasteiger partial charge in [0.1, 0.15) is 5.58 Å². The van der Waals surface area contributed by atoms with Crippen molar-refractivity contribution in [1.29, 1.82) is 0 Å². The van der Waals surface area contributed by atoms with E-state index >= 15 is 0 Å². The second-order valence-electron chi connectivity index (χ2n) is 7.94. The van der Waals surface area contributed by atoms with E-state index in [1.165, 1.54) is 6.42 Å². The quantitative estimate of drug-likeness (QED) is 0.720. The van der Waals surface area contributed by atoms with E-state index in [9.17, 15) is 4.79 Å². The van der Waals surface area contributed by atoms with Gasteiger partial charge in [0.2, 0.25) is 0 Å². The standard InChI is InChI=1S/C22H24N2O2/c1-15-17-7-6-16-4-2-3-5-18(16)20(17)26-19(15)21(25)24-12-9-22(10-13-24)8-11-23-14-22/h2-7,23H,8-14H2,1H3. The van der Waals surface area contributed by atoms with Gasteiger partial charge in [0, 0.05) is 36.0 Å². The van der Waals surface area contributed by atoms with E-state index < -0.39 is 0 Å². The van der Waals surface area contributed by atoms with Crippen molar-refractivity contribution >= 4 is 27.6 Å². The Labute approximate surface area is 153 Å². The van der Waals surface area contributed by atoms with Crippen LogP contribution in [0.25, 0.3) is 21.7 Å². The summed E-state index contributed by atoms with van der Waals surface area (Å²) in [6.07, 6.45) is 3.42. The number of fused-ring (bicyclic) bond motifs is 3. The summed E-state index contributed by atoms with van der Waals surface area (Å²) in [6.45, 7) is 5.88. The summed E-state index contributed by atoms with van der Waals surface area (Å²) in [5.41, 5.74) is 2.20. The third-order valence-electron chi connectivity index (χ3n) is 6.47. The van der Waals surface area contributed by atoms with Gasteiger partial charge in [-0.25, -0.2) is 0 Å². The molecule has 1 spiro atoms. The molecule has 5 rings (SSSR count). The number of piperidine rings is 1. The average molecular weight is 348 g/mol. The molecule has 26 heavy (non-hydrogen) atoms. The molecule has 134 valence electrons. The lowest BCUT2D eigenvalue weighted by molar-refractivity contribution is 0.0578. The van der Waals surface area contributed by atoms with Gasteiger partial charge in [-0.05, 0) is 43.5 Å². The van der Waals surface area contributed by atoms with E-state index in [0.717, 1.165) is 66.3 Å². The molecule has 2 aliphatic heterocycles. The molecule has 1 amide bonds. The molecule has 2 saturated heterocycles. The number of furan rings is 1. The minimum Gasteiger partial charge on any atom is -0.450 e. The summed E-state index contributed by atoms with van der Waals surface area (Å²) < 4.78 is 6.14. The number of hydrogen-bond acceptors (Lipinski definition) is 3. The van der Waals surface area contributed by atoms with Crippen molar-refractivity contribution in [1.82, 2.24) is 10.2 Å². The number of nitrogens with one attached hydrogen (secondary N) is 1. The number of benzene rings is 2. The van der Waals surface area contributed by atoms with Gasteiger partial charge in [-0.15, -0.1) is 0 Å². The summed E-state index contributed by atoms with van der Waals surface area (Å²) in [6, 6.07) is 12.4. The lowest BCUT2D eigenvalue weighted by Gasteiger charge is -2.38. The SMILES string of the molecule is Cc1c(C(=O)N2CCC3(CCNC3)CC2)oc2c1ccc1ccccc12. The van der Waals surface area contributed by atoms with Gasteiger partial charge in [0.15, 0.2) is 5.76 Å². The molecule has 0 unspecified atom stereocenters. The fourth-order valence-electron chi connectivity index (χ4n) is 4.70. The molecule has 0 bridgehead atoms. The third kappa shape index (κ3) is 2.36. The highest BCUT2D eigenvalue weighted by atomic mass is 16.3. The first-order valence-electron chi connectivity index (χ1n) is 9.58. The van der Waals surface area contributed by atoms with E-state index in [0.29, 0.717) is 11.2 Å².